The summed E-state index contributed by atoms with van der Waals surface area (Å²) in [6, 6.07) is 6.60. The highest BCUT2D eigenvalue weighted by Crippen LogP contribution is 2.26. The predicted octanol–water partition coefficient (Wildman–Crippen LogP) is 2.88. The number of carbonyl (C=O) groups is 1. The number of nitrogens with zero attached hydrogens (tertiary/aromatic N) is 2. The average molecular weight is 459 g/mol. The van der Waals surface area contributed by atoms with E-state index in [0.29, 0.717) is 19.4 Å². The van der Waals surface area contributed by atoms with E-state index < -0.39 is 10.0 Å². The van der Waals surface area contributed by atoms with Crippen molar-refractivity contribution in [1.29, 1.82) is 0 Å². The average Bonchev–Trinajstić information content (AvgIpc) is 2.68. The van der Waals surface area contributed by atoms with Crippen LogP contribution in [-0.2, 0) is 19.6 Å². The van der Waals surface area contributed by atoms with Crippen LogP contribution in [0.25, 0.3) is 0 Å². The van der Waals surface area contributed by atoms with Crippen molar-refractivity contribution in [3.05, 3.63) is 28.7 Å². The summed E-state index contributed by atoms with van der Waals surface area (Å²) < 4.78 is 33.8. The van der Waals surface area contributed by atoms with Gasteiger partial charge in [-0.3, -0.25) is 9.69 Å². The molecule has 2 unspecified atom stereocenters. The number of carbonyl (C=O) groups excluding carboxylic acids is 1. The Labute approximate surface area is 170 Å². The molecule has 0 amide bonds. The number of likely N-dealkylation sites (N-methyl/N-ethyl adjacent to an activating group) is 1. The van der Waals surface area contributed by atoms with Crippen molar-refractivity contribution in [2.75, 3.05) is 32.7 Å². The molecular formula is C19H27BrN2O4S. The first-order valence-corrected chi connectivity index (χ1v) is 11.8. The fourth-order valence-electron chi connectivity index (χ4n) is 3.77. The molecule has 27 heavy (non-hydrogen) atoms. The molecule has 2 fully saturated rings. The zero-order chi connectivity index (χ0) is 19.4. The second-order valence-corrected chi connectivity index (χ2v) is 10.1. The molecule has 2 aliphatic rings. The molecule has 2 atom stereocenters. The van der Waals surface area contributed by atoms with Crippen LogP contribution in [0.15, 0.2) is 33.6 Å². The molecule has 2 heterocycles. The van der Waals surface area contributed by atoms with Gasteiger partial charge in [0.05, 0.1) is 10.8 Å². The quantitative estimate of drug-likeness (QED) is 0.634. The van der Waals surface area contributed by atoms with E-state index in [-0.39, 0.29) is 29.4 Å². The van der Waals surface area contributed by atoms with Gasteiger partial charge in [-0.25, -0.2) is 8.42 Å². The summed E-state index contributed by atoms with van der Waals surface area (Å²) >= 11 is 3.32. The maximum Gasteiger partial charge on any atom is 0.310 e. The van der Waals surface area contributed by atoms with Crippen molar-refractivity contribution in [1.82, 2.24) is 9.21 Å². The van der Waals surface area contributed by atoms with Crippen molar-refractivity contribution >= 4 is 31.9 Å². The Morgan fingerprint density at radius 3 is 2.56 bits per heavy atom. The van der Waals surface area contributed by atoms with Gasteiger partial charge in [-0.15, -0.1) is 0 Å². The fourth-order valence-corrected chi connectivity index (χ4v) is 5.55. The molecule has 8 heteroatoms. The predicted molar refractivity (Wildman–Crippen MR) is 107 cm³/mol. The van der Waals surface area contributed by atoms with Gasteiger partial charge in [0, 0.05) is 24.1 Å². The molecule has 150 valence electrons. The van der Waals surface area contributed by atoms with E-state index >= 15 is 0 Å². The molecule has 3 rings (SSSR count). The molecule has 0 aliphatic carbocycles. The van der Waals surface area contributed by atoms with Crippen molar-refractivity contribution in [3.8, 4) is 0 Å². The van der Waals surface area contributed by atoms with Crippen LogP contribution in [0, 0.1) is 5.92 Å². The zero-order valence-electron chi connectivity index (χ0n) is 15.6. The largest absolute Gasteiger partial charge is 0.461 e. The van der Waals surface area contributed by atoms with Crippen LogP contribution in [0.5, 0.6) is 0 Å². The fraction of sp³-hybridized carbons (Fsp3) is 0.632. The minimum absolute atomic E-state index is 0.0790. The maximum absolute atomic E-state index is 12.9. The van der Waals surface area contributed by atoms with Gasteiger partial charge in [-0.2, -0.15) is 4.31 Å². The van der Waals surface area contributed by atoms with Crippen LogP contribution in [-0.4, -0.2) is 62.4 Å². The monoisotopic (exact) mass is 458 g/mol. The molecule has 0 saturated carbocycles. The summed E-state index contributed by atoms with van der Waals surface area (Å²) in [5.41, 5.74) is 0. The van der Waals surface area contributed by atoms with Gasteiger partial charge in [-0.05, 0) is 63.0 Å². The van der Waals surface area contributed by atoms with Crippen molar-refractivity contribution in [3.63, 3.8) is 0 Å². The molecule has 1 aromatic rings. The van der Waals surface area contributed by atoms with Crippen molar-refractivity contribution in [2.24, 2.45) is 5.92 Å². The number of sulfonamides is 1. The Morgan fingerprint density at radius 2 is 1.85 bits per heavy atom. The molecule has 0 radical (unpaired) electrons. The van der Waals surface area contributed by atoms with E-state index in [2.05, 4.69) is 27.8 Å². The van der Waals surface area contributed by atoms with E-state index in [0.717, 1.165) is 36.9 Å². The van der Waals surface area contributed by atoms with E-state index in [1.807, 2.05) is 0 Å². The summed E-state index contributed by atoms with van der Waals surface area (Å²) in [6.07, 6.45) is 3.18. The Bertz CT molecular complexity index is 753. The van der Waals surface area contributed by atoms with Gasteiger partial charge in [0.2, 0.25) is 10.0 Å². The zero-order valence-corrected chi connectivity index (χ0v) is 18.0. The number of esters is 1. The third-order valence-electron chi connectivity index (χ3n) is 5.36. The Hall–Kier alpha value is -0.960. The second kappa shape index (κ2) is 9.03. The maximum atomic E-state index is 12.9. The highest BCUT2D eigenvalue weighted by atomic mass is 79.9. The summed E-state index contributed by atoms with van der Waals surface area (Å²) in [5, 5.41) is 0. The third kappa shape index (κ3) is 5.10. The molecule has 0 aromatic heterocycles. The Balaban J connectivity index is 1.63. The molecule has 0 N–H and O–H groups in total. The van der Waals surface area contributed by atoms with Crippen molar-refractivity contribution in [2.45, 2.75) is 43.6 Å². The van der Waals surface area contributed by atoms with E-state index in [4.69, 9.17) is 4.74 Å². The first-order valence-electron chi connectivity index (χ1n) is 9.58. The molecule has 0 spiro atoms. The standard InChI is InChI=1S/C19H27BrN2O4S/c1-2-21-11-4-6-17(14-21)26-19(23)15-5-3-12-22(13-15)27(24,25)18-9-7-16(20)8-10-18/h7-10,15,17H,2-6,11-14H2,1H3. The molecular weight excluding hydrogens is 432 g/mol. The van der Waals surface area contributed by atoms with Crippen LogP contribution in [0.2, 0.25) is 0 Å². The first kappa shape index (κ1) is 20.8. The van der Waals surface area contributed by atoms with Gasteiger partial charge in [-0.1, -0.05) is 22.9 Å². The highest BCUT2D eigenvalue weighted by Gasteiger charge is 2.35. The summed E-state index contributed by atoms with van der Waals surface area (Å²) in [4.78, 5) is 15.2. The van der Waals surface area contributed by atoms with Crippen LogP contribution >= 0.6 is 15.9 Å². The van der Waals surface area contributed by atoms with Crippen LogP contribution < -0.4 is 0 Å². The first-order chi connectivity index (χ1) is 12.9. The highest BCUT2D eigenvalue weighted by molar-refractivity contribution is 9.10. The van der Waals surface area contributed by atoms with E-state index in [1.165, 1.54) is 4.31 Å². The van der Waals surface area contributed by atoms with Gasteiger partial charge in [0.25, 0.3) is 0 Å². The number of piperidine rings is 2. The van der Waals surface area contributed by atoms with E-state index in [9.17, 15) is 13.2 Å². The van der Waals surface area contributed by atoms with Crippen LogP contribution in [0.3, 0.4) is 0 Å². The topological polar surface area (TPSA) is 66.9 Å². The molecule has 6 nitrogen and oxygen atoms in total. The summed E-state index contributed by atoms with van der Waals surface area (Å²) in [7, 11) is -3.59. The van der Waals surface area contributed by atoms with Gasteiger partial charge >= 0.3 is 5.97 Å². The summed E-state index contributed by atoms with van der Waals surface area (Å²) in [5.74, 6) is -0.644. The normalized spacial score (nSPS) is 25.3. The minimum Gasteiger partial charge on any atom is -0.461 e. The number of hydrogen-bond acceptors (Lipinski definition) is 5. The lowest BCUT2D eigenvalue weighted by molar-refractivity contribution is -0.157. The van der Waals surface area contributed by atoms with Crippen molar-refractivity contribution < 1.29 is 17.9 Å². The Kier molecular flexibility index (Phi) is 6.94. The second-order valence-electron chi connectivity index (χ2n) is 7.25. The number of likely N-dealkylation sites (tertiary alicyclic amines) is 1. The molecule has 2 aliphatic heterocycles. The summed E-state index contributed by atoms with van der Waals surface area (Å²) in [6.45, 7) is 5.52. The lowest BCUT2D eigenvalue weighted by Crippen LogP contribution is -2.45. The third-order valence-corrected chi connectivity index (χ3v) is 7.77. The van der Waals surface area contributed by atoms with Crippen LogP contribution in [0.1, 0.15) is 32.6 Å². The molecule has 1 aromatic carbocycles. The lowest BCUT2D eigenvalue weighted by Gasteiger charge is -2.34. The van der Waals surface area contributed by atoms with Gasteiger partial charge in [0.15, 0.2) is 0 Å². The number of ether oxygens (including phenoxy) is 1. The Morgan fingerprint density at radius 1 is 1.15 bits per heavy atom. The number of benzene rings is 1. The van der Waals surface area contributed by atoms with Gasteiger partial charge in [0.1, 0.15) is 6.10 Å². The minimum atomic E-state index is -3.59. The number of halogens is 1. The number of rotatable bonds is 5. The smallest absolute Gasteiger partial charge is 0.310 e. The molecule has 0 bridgehead atoms. The van der Waals surface area contributed by atoms with Gasteiger partial charge < -0.3 is 4.74 Å². The SMILES string of the molecule is CCN1CCCC(OC(=O)C2CCCN(S(=O)(=O)c3ccc(Br)cc3)C2)C1. The van der Waals surface area contributed by atoms with Crippen LogP contribution in [0.4, 0.5) is 0 Å². The number of hydrogen-bond donors (Lipinski definition) is 0. The lowest BCUT2D eigenvalue weighted by atomic mass is 9.99. The van der Waals surface area contributed by atoms with E-state index in [1.54, 1.807) is 24.3 Å². The molecule has 2 saturated heterocycles.